The number of halogens is 1. The highest BCUT2D eigenvalue weighted by Gasteiger charge is 2.33. The van der Waals surface area contributed by atoms with Crippen molar-refractivity contribution in [2.75, 3.05) is 6.61 Å². The van der Waals surface area contributed by atoms with E-state index in [0.717, 1.165) is 0 Å². The Bertz CT molecular complexity index is 562. The zero-order valence-electron chi connectivity index (χ0n) is 13.1. The minimum atomic E-state index is -0.973. The number of aliphatic carboxylic acids is 1. The lowest BCUT2D eigenvalue weighted by atomic mass is 9.85. The van der Waals surface area contributed by atoms with Gasteiger partial charge in [-0.3, -0.25) is 9.59 Å². The average molecular weight is 329 g/mol. The topological polar surface area (TPSA) is 88.5 Å². The molecule has 0 spiro atoms. The quantitative estimate of drug-likeness (QED) is 0.803. The van der Waals surface area contributed by atoms with Gasteiger partial charge in [-0.1, -0.05) is 25.4 Å². The molecule has 1 heterocycles. The predicted molar refractivity (Wildman–Crippen MR) is 83.4 cm³/mol. The van der Waals surface area contributed by atoms with Crippen LogP contribution in [-0.2, 0) is 4.79 Å². The zero-order chi connectivity index (χ0) is 16.9. The molecule has 122 valence electrons. The molecule has 0 saturated heterocycles. The molecule has 6 nitrogen and oxygen atoms in total. The molecule has 1 aromatic heterocycles. The summed E-state index contributed by atoms with van der Waals surface area (Å²) in [5.41, 5.74) is -0.612. The van der Waals surface area contributed by atoms with Gasteiger partial charge in [0.2, 0.25) is 5.88 Å². The summed E-state index contributed by atoms with van der Waals surface area (Å²) in [6.07, 6.45) is 1.18. The number of amides is 1. The van der Waals surface area contributed by atoms with E-state index in [1.807, 2.05) is 13.8 Å². The molecule has 7 heteroatoms. The van der Waals surface area contributed by atoms with Gasteiger partial charge in [0.25, 0.3) is 5.91 Å². The van der Waals surface area contributed by atoms with Crippen molar-refractivity contribution < 1.29 is 19.4 Å². The standard InChI is InChI=1S/C15H21ClN2O4/c1-5-22-14-11(16)6-10(8-17-14)13(21)18-15(4,9(2)3)7-12(19)20/h6,8-9H,5,7H2,1-4H3,(H,18,21)(H,19,20). The van der Waals surface area contributed by atoms with Gasteiger partial charge in [-0.15, -0.1) is 0 Å². The normalized spacial score (nSPS) is 13.5. The molecule has 2 N–H and O–H groups in total. The first-order valence-electron chi connectivity index (χ1n) is 7.02. The zero-order valence-corrected chi connectivity index (χ0v) is 13.9. The van der Waals surface area contributed by atoms with Crippen molar-refractivity contribution in [1.82, 2.24) is 10.3 Å². The Morgan fingerprint density at radius 1 is 1.50 bits per heavy atom. The van der Waals surface area contributed by atoms with Crippen molar-refractivity contribution in [1.29, 1.82) is 0 Å². The highest BCUT2D eigenvalue weighted by atomic mass is 35.5. The Kier molecular flexibility index (Phi) is 6.17. The second-order valence-electron chi connectivity index (χ2n) is 5.54. The first-order valence-corrected chi connectivity index (χ1v) is 7.40. The molecule has 1 aromatic rings. The van der Waals surface area contributed by atoms with Crippen LogP contribution < -0.4 is 10.1 Å². The number of hydrogen-bond donors (Lipinski definition) is 2. The molecule has 1 amide bonds. The van der Waals surface area contributed by atoms with Crippen molar-refractivity contribution in [2.24, 2.45) is 5.92 Å². The van der Waals surface area contributed by atoms with Gasteiger partial charge in [0.15, 0.2) is 0 Å². The monoisotopic (exact) mass is 328 g/mol. The van der Waals surface area contributed by atoms with Crippen molar-refractivity contribution in [2.45, 2.75) is 39.7 Å². The fraction of sp³-hybridized carbons (Fsp3) is 0.533. The van der Waals surface area contributed by atoms with Crippen molar-refractivity contribution in [3.05, 3.63) is 22.8 Å². The van der Waals surface area contributed by atoms with E-state index in [0.29, 0.717) is 6.61 Å². The molecule has 22 heavy (non-hydrogen) atoms. The van der Waals surface area contributed by atoms with Crippen LogP contribution in [0.15, 0.2) is 12.3 Å². The fourth-order valence-corrected chi connectivity index (χ4v) is 2.05. The van der Waals surface area contributed by atoms with E-state index in [1.165, 1.54) is 12.3 Å². The third kappa shape index (κ3) is 4.59. The lowest BCUT2D eigenvalue weighted by Crippen LogP contribution is -2.51. The molecule has 0 radical (unpaired) electrons. The highest BCUT2D eigenvalue weighted by Crippen LogP contribution is 2.24. The van der Waals surface area contributed by atoms with E-state index >= 15 is 0 Å². The van der Waals surface area contributed by atoms with Crippen molar-refractivity contribution in [3.8, 4) is 5.88 Å². The minimum absolute atomic E-state index is 0.0568. The Balaban J connectivity index is 2.95. The van der Waals surface area contributed by atoms with E-state index in [4.69, 9.17) is 21.4 Å². The number of nitrogens with zero attached hydrogens (tertiary/aromatic N) is 1. The van der Waals surface area contributed by atoms with Crippen molar-refractivity contribution in [3.63, 3.8) is 0 Å². The maximum Gasteiger partial charge on any atom is 0.305 e. The number of pyridine rings is 1. The minimum Gasteiger partial charge on any atom is -0.481 e. The van der Waals surface area contributed by atoms with Gasteiger partial charge in [0.1, 0.15) is 5.02 Å². The van der Waals surface area contributed by atoms with Crippen LogP contribution in [0.2, 0.25) is 5.02 Å². The van der Waals surface area contributed by atoms with Gasteiger partial charge in [-0.05, 0) is 25.8 Å². The Labute approximate surface area is 134 Å². The van der Waals surface area contributed by atoms with Crippen LogP contribution in [0.4, 0.5) is 0 Å². The summed E-state index contributed by atoms with van der Waals surface area (Å²) >= 11 is 6.01. The second-order valence-corrected chi connectivity index (χ2v) is 5.95. The molecule has 0 bridgehead atoms. The van der Waals surface area contributed by atoms with E-state index in [2.05, 4.69) is 10.3 Å². The lowest BCUT2D eigenvalue weighted by molar-refractivity contribution is -0.138. The molecular weight excluding hydrogens is 308 g/mol. The number of carboxylic acids is 1. The molecule has 0 aromatic carbocycles. The number of rotatable bonds is 7. The number of carboxylic acid groups (broad SMARTS) is 1. The van der Waals surface area contributed by atoms with Gasteiger partial charge in [0, 0.05) is 6.20 Å². The molecular formula is C15H21ClN2O4. The molecule has 0 aliphatic carbocycles. The first kappa shape index (κ1) is 18.2. The number of aromatic nitrogens is 1. The largest absolute Gasteiger partial charge is 0.481 e. The third-order valence-corrected chi connectivity index (χ3v) is 3.81. The van der Waals surface area contributed by atoms with Crippen LogP contribution in [0, 0.1) is 5.92 Å². The first-order chi connectivity index (χ1) is 10.2. The van der Waals surface area contributed by atoms with Gasteiger partial charge in [-0.2, -0.15) is 0 Å². The summed E-state index contributed by atoms with van der Waals surface area (Å²) in [6.45, 7) is 7.63. The molecule has 1 rings (SSSR count). The summed E-state index contributed by atoms with van der Waals surface area (Å²) in [5, 5.41) is 12.0. The third-order valence-electron chi connectivity index (χ3n) is 3.54. The molecule has 0 saturated carbocycles. The van der Waals surface area contributed by atoms with Crippen LogP contribution in [0.5, 0.6) is 5.88 Å². The summed E-state index contributed by atoms with van der Waals surface area (Å²) in [5.74, 6) is -1.19. The van der Waals surface area contributed by atoms with Gasteiger partial charge in [-0.25, -0.2) is 4.98 Å². The van der Waals surface area contributed by atoms with Crippen LogP contribution >= 0.6 is 11.6 Å². The van der Waals surface area contributed by atoms with Gasteiger partial charge >= 0.3 is 5.97 Å². The maximum absolute atomic E-state index is 12.3. The van der Waals surface area contributed by atoms with Crippen LogP contribution in [0.3, 0.4) is 0 Å². The van der Waals surface area contributed by atoms with Gasteiger partial charge in [0.05, 0.1) is 24.1 Å². The summed E-state index contributed by atoms with van der Waals surface area (Å²) in [6, 6.07) is 1.45. The predicted octanol–water partition coefficient (Wildman–Crippen LogP) is 2.75. The summed E-state index contributed by atoms with van der Waals surface area (Å²) in [7, 11) is 0. The molecule has 1 unspecified atom stereocenters. The molecule has 0 aliphatic heterocycles. The highest BCUT2D eigenvalue weighted by molar-refractivity contribution is 6.32. The lowest BCUT2D eigenvalue weighted by Gasteiger charge is -2.33. The average Bonchev–Trinajstić information content (AvgIpc) is 2.40. The van der Waals surface area contributed by atoms with E-state index in [-0.39, 0.29) is 28.8 Å². The van der Waals surface area contributed by atoms with E-state index < -0.39 is 17.4 Å². The Morgan fingerprint density at radius 3 is 2.59 bits per heavy atom. The molecule has 0 aliphatic rings. The molecule has 1 atom stereocenters. The number of hydrogen-bond acceptors (Lipinski definition) is 4. The number of carbonyl (C=O) groups is 2. The van der Waals surface area contributed by atoms with E-state index in [9.17, 15) is 9.59 Å². The van der Waals surface area contributed by atoms with Crippen LogP contribution in [0.25, 0.3) is 0 Å². The summed E-state index contributed by atoms with van der Waals surface area (Å²) in [4.78, 5) is 27.3. The second kappa shape index (κ2) is 7.45. The summed E-state index contributed by atoms with van der Waals surface area (Å²) < 4.78 is 5.21. The smallest absolute Gasteiger partial charge is 0.305 e. The van der Waals surface area contributed by atoms with Crippen LogP contribution in [-0.4, -0.2) is 34.1 Å². The molecule has 0 fully saturated rings. The number of ether oxygens (including phenoxy) is 1. The number of carbonyl (C=O) groups excluding carboxylic acids is 1. The van der Waals surface area contributed by atoms with Crippen LogP contribution in [0.1, 0.15) is 44.5 Å². The van der Waals surface area contributed by atoms with Crippen molar-refractivity contribution >= 4 is 23.5 Å². The van der Waals surface area contributed by atoms with Gasteiger partial charge < -0.3 is 15.2 Å². The Hall–Kier alpha value is -1.82. The maximum atomic E-state index is 12.3. The fourth-order valence-electron chi connectivity index (χ4n) is 1.83. The Morgan fingerprint density at radius 2 is 2.14 bits per heavy atom. The number of nitrogens with one attached hydrogen (secondary N) is 1. The van der Waals surface area contributed by atoms with E-state index in [1.54, 1.807) is 13.8 Å². The SMILES string of the molecule is CCOc1ncc(C(=O)NC(C)(CC(=O)O)C(C)C)cc1Cl.